The fourth-order valence-electron chi connectivity index (χ4n) is 2.63. The SMILES string of the molecule is CCN(CC)c1ccc(C(=O)OCc2nnc(-c3ccc(Cl)cc3)o2)cc1. The maximum atomic E-state index is 12.2. The Morgan fingerprint density at radius 2 is 1.70 bits per heavy atom. The smallest absolute Gasteiger partial charge is 0.338 e. The third-order valence-electron chi connectivity index (χ3n) is 4.12. The Kier molecular flexibility index (Phi) is 6.08. The standard InChI is InChI=1S/C20H20ClN3O3/c1-3-24(4-2)17-11-7-15(8-12-17)20(25)26-13-18-22-23-19(27-18)14-5-9-16(21)10-6-14/h5-12H,3-4,13H2,1-2H3. The zero-order valence-electron chi connectivity index (χ0n) is 15.2. The average Bonchev–Trinajstić information content (AvgIpc) is 3.17. The van der Waals surface area contributed by atoms with Gasteiger partial charge in [0.1, 0.15) is 0 Å². The lowest BCUT2D eigenvalue weighted by Crippen LogP contribution is -2.21. The number of ether oxygens (including phenoxy) is 1. The number of carbonyl (C=O) groups excluding carboxylic acids is 1. The van der Waals surface area contributed by atoms with Crippen molar-refractivity contribution in [1.29, 1.82) is 0 Å². The molecule has 0 unspecified atom stereocenters. The maximum Gasteiger partial charge on any atom is 0.338 e. The Hall–Kier alpha value is -2.86. The molecule has 3 aromatic rings. The summed E-state index contributed by atoms with van der Waals surface area (Å²) >= 11 is 5.86. The first kappa shape index (κ1) is 18.9. The van der Waals surface area contributed by atoms with Gasteiger partial charge in [0.25, 0.3) is 5.89 Å². The van der Waals surface area contributed by atoms with Crippen LogP contribution >= 0.6 is 11.6 Å². The van der Waals surface area contributed by atoms with Crippen LogP contribution in [0.15, 0.2) is 52.9 Å². The molecule has 0 aliphatic heterocycles. The van der Waals surface area contributed by atoms with E-state index >= 15 is 0 Å². The molecule has 0 atom stereocenters. The fraction of sp³-hybridized carbons (Fsp3) is 0.250. The lowest BCUT2D eigenvalue weighted by atomic mass is 10.2. The molecule has 7 heteroatoms. The minimum absolute atomic E-state index is 0.0861. The molecule has 6 nitrogen and oxygen atoms in total. The van der Waals surface area contributed by atoms with Crippen molar-refractivity contribution >= 4 is 23.3 Å². The largest absolute Gasteiger partial charge is 0.452 e. The van der Waals surface area contributed by atoms with Crippen LogP contribution in [0, 0.1) is 0 Å². The van der Waals surface area contributed by atoms with E-state index in [0.29, 0.717) is 16.5 Å². The van der Waals surface area contributed by atoms with Crippen molar-refractivity contribution in [2.24, 2.45) is 0 Å². The third kappa shape index (κ3) is 4.65. The van der Waals surface area contributed by atoms with E-state index in [0.717, 1.165) is 24.3 Å². The molecule has 0 N–H and O–H groups in total. The Morgan fingerprint density at radius 1 is 1.04 bits per heavy atom. The highest BCUT2D eigenvalue weighted by molar-refractivity contribution is 6.30. The molecule has 2 aromatic carbocycles. The summed E-state index contributed by atoms with van der Waals surface area (Å²) in [4.78, 5) is 14.4. The zero-order valence-corrected chi connectivity index (χ0v) is 15.9. The van der Waals surface area contributed by atoms with E-state index in [4.69, 9.17) is 20.8 Å². The summed E-state index contributed by atoms with van der Waals surface area (Å²) in [6, 6.07) is 14.4. The zero-order chi connectivity index (χ0) is 19.2. The van der Waals surface area contributed by atoms with E-state index in [9.17, 15) is 4.79 Å². The van der Waals surface area contributed by atoms with Gasteiger partial charge in [-0.25, -0.2) is 4.79 Å². The van der Waals surface area contributed by atoms with Crippen LogP contribution in [-0.2, 0) is 11.3 Å². The summed E-state index contributed by atoms with van der Waals surface area (Å²) in [7, 11) is 0. The van der Waals surface area contributed by atoms with Crippen LogP contribution in [0.25, 0.3) is 11.5 Å². The van der Waals surface area contributed by atoms with Crippen LogP contribution in [0.1, 0.15) is 30.1 Å². The van der Waals surface area contributed by atoms with Gasteiger partial charge in [-0.05, 0) is 62.4 Å². The van der Waals surface area contributed by atoms with Crippen molar-refractivity contribution in [3.8, 4) is 11.5 Å². The summed E-state index contributed by atoms with van der Waals surface area (Å²) in [5.74, 6) is 0.140. The van der Waals surface area contributed by atoms with Gasteiger partial charge in [-0.3, -0.25) is 0 Å². The number of benzene rings is 2. The lowest BCUT2D eigenvalue weighted by Gasteiger charge is -2.20. The molecule has 3 rings (SSSR count). The predicted octanol–water partition coefficient (Wildman–Crippen LogP) is 4.59. The molecule has 140 valence electrons. The van der Waals surface area contributed by atoms with E-state index in [-0.39, 0.29) is 12.5 Å². The van der Waals surface area contributed by atoms with Crippen molar-refractivity contribution < 1.29 is 13.9 Å². The van der Waals surface area contributed by atoms with Crippen molar-refractivity contribution in [2.45, 2.75) is 20.5 Å². The summed E-state index contributed by atoms with van der Waals surface area (Å²) in [6.45, 7) is 5.92. The van der Waals surface area contributed by atoms with E-state index in [1.807, 2.05) is 12.1 Å². The van der Waals surface area contributed by atoms with Gasteiger partial charge in [0.2, 0.25) is 5.89 Å². The van der Waals surface area contributed by atoms with Crippen LogP contribution < -0.4 is 4.90 Å². The molecular formula is C20H20ClN3O3. The molecule has 0 aliphatic carbocycles. The molecule has 1 aromatic heterocycles. The number of carbonyl (C=O) groups is 1. The highest BCUT2D eigenvalue weighted by Crippen LogP contribution is 2.21. The van der Waals surface area contributed by atoms with E-state index < -0.39 is 5.97 Å². The molecule has 0 saturated heterocycles. The Balaban J connectivity index is 1.60. The van der Waals surface area contributed by atoms with Crippen LogP contribution in [0.3, 0.4) is 0 Å². The second-order valence-electron chi connectivity index (χ2n) is 5.80. The number of aromatic nitrogens is 2. The maximum absolute atomic E-state index is 12.2. The molecule has 0 saturated carbocycles. The van der Waals surface area contributed by atoms with E-state index in [2.05, 4.69) is 28.9 Å². The molecule has 0 spiro atoms. The minimum Gasteiger partial charge on any atom is -0.452 e. The Bertz CT molecular complexity index is 888. The van der Waals surface area contributed by atoms with Crippen LogP contribution in [-0.4, -0.2) is 29.3 Å². The van der Waals surface area contributed by atoms with Gasteiger partial charge in [-0.1, -0.05) is 11.6 Å². The average molecular weight is 386 g/mol. The van der Waals surface area contributed by atoms with E-state index in [1.165, 1.54) is 0 Å². The summed E-state index contributed by atoms with van der Waals surface area (Å²) in [5, 5.41) is 8.49. The minimum atomic E-state index is -0.438. The molecule has 0 bridgehead atoms. The van der Waals surface area contributed by atoms with Gasteiger partial charge in [-0.2, -0.15) is 0 Å². The number of rotatable bonds is 7. The molecule has 1 heterocycles. The van der Waals surface area contributed by atoms with Crippen molar-refractivity contribution in [2.75, 3.05) is 18.0 Å². The van der Waals surface area contributed by atoms with Gasteiger partial charge >= 0.3 is 5.97 Å². The second kappa shape index (κ2) is 8.68. The van der Waals surface area contributed by atoms with Gasteiger partial charge in [0.05, 0.1) is 5.56 Å². The number of hydrogen-bond donors (Lipinski definition) is 0. The molecule has 0 amide bonds. The van der Waals surface area contributed by atoms with E-state index in [1.54, 1.807) is 36.4 Å². The second-order valence-corrected chi connectivity index (χ2v) is 6.24. The third-order valence-corrected chi connectivity index (χ3v) is 4.37. The van der Waals surface area contributed by atoms with Gasteiger partial charge in [-0.15, -0.1) is 10.2 Å². The fourth-order valence-corrected chi connectivity index (χ4v) is 2.75. The first-order valence-corrected chi connectivity index (χ1v) is 9.09. The quantitative estimate of drug-likeness (QED) is 0.554. The number of hydrogen-bond acceptors (Lipinski definition) is 6. The topological polar surface area (TPSA) is 68.5 Å². The van der Waals surface area contributed by atoms with Crippen LogP contribution in [0.5, 0.6) is 0 Å². The van der Waals surface area contributed by atoms with Crippen LogP contribution in [0.4, 0.5) is 5.69 Å². The summed E-state index contributed by atoms with van der Waals surface area (Å²) < 4.78 is 10.8. The van der Waals surface area contributed by atoms with Gasteiger partial charge in [0, 0.05) is 29.4 Å². The highest BCUT2D eigenvalue weighted by Gasteiger charge is 2.13. The van der Waals surface area contributed by atoms with Crippen molar-refractivity contribution in [1.82, 2.24) is 10.2 Å². The van der Waals surface area contributed by atoms with Crippen molar-refractivity contribution in [3.05, 3.63) is 65.0 Å². The van der Waals surface area contributed by atoms with Gasteiger partial charge < -0.3 is 14.1 Å². The Labute approximate surface area is 162 Å². The molecule has 0 aliphatic rings. The number of anilines is 1. The monoisotopic (exact) mass is 385 g/mol. The van der Waals surface area contributed by atoms with Crippen molar-refractivity contribution in [3.63, 3.8) is 0 Å². The number of nitrogens with zero attached hydrogens (tertiary/aromatic N) is 3. The first-order chi connectivity index (χ1) is 13.1. The Morgan fingerprint density at radius 3 is 2.33 bits per heavy atom. The molecule has 27 heavy (non-hydrogen) atoms. The molecule has 0 fully saturated rings. The van der Waals surface area contributed by atoms with Crippen LogP contribution in [0.2, 0.25) is 5.02 Å². The first-order valence-electron chi connectivity index (χ1n) is 8.71. The normalized spacial score (nSPS) is 10.6. The molecule has 0 radical (unpaired) electrons. The van der Waals surface area contributed by atoms with Gasteiger partial charge in [0.15, 0.2) is 6.61 Å². The summed E-state index contributed by atoms with van der Waals surface area (Å²) in [6.07, 6.45) is 0. The number of halogens is 1. The molecular weight excluding hydrogens is 366 g/mol. The predicted molar refractivity (Wildman–Crippen MR) is 104 cm³/mol. The lowest BCUT2D eigenvalue weighted by molar-refractivity contribution is 0.0438. The number of esters is 1. The highest BCUT2D eigenvalue weighted by atomic mass is 35.5. The summed E-state index contributed by atoms with van der Waals surface area (Å²) in [5.41, 5.74) is 2.29.